The van der Waals surface area contributed by atoms with Crippen molar-refractivity contribution in [3.8, 4) is 0 Å². The predicted molar refractivity (Wildman–Crippen MR) is 60.6 cm³/mol. The molecule has 1 aliphatic heterocycles. The van der Waals surface area contributed by atoms with Crippen LogP contribution in [0, 0.1) is 17.8 Å². The minimum absolute atomic E-state index is 0.113. The van der Waals surface area contributed by atoms with Gasteiger partial charge in [0.1, 0.15) is 0 Å². The van der Waals surface area contributed by atoms with Crippen LogP contribution in [-0.2, 0) is 9.31 Å². The van der Waals surface area contributed by atoms with Gasteiger partial charge >= 0.3 is 7.12 Å². The quantitative estimate of drug-likeness (QED) is 0.664. The van der Waals surface area contributed by atoms with Gasteiger partial charge in [-0.15, -0.1) is 0 Å². The van der Waals surface area contributed by atoms with Crippen molar-refractivity contribution in [3.63, 3.8) is 0 Å². The van der Waals surface area contributed by atoms with E-state index in [4.69, 9.17) is 9.31 Å². The summed E-state index contributed by atoms with van der Waals surface area (Å²) < 4.78 is 12.0. The lowest BCUT2D eigenvalue weighted by Crippen LogP contribution is -2.47. The summed E-state index contributed by atoms with van der Waals surface area (Å²) in [5.41, 5.74) is 0. The first kappa shape index (κ1) is 10.2. The summed E-state index contributed by atoms with van der Waals surface area (Å²) in [4.78, 5) is 0. The van der Waals surface area contributed by atoms with Crippen LogP contribution in [0.1, 0.15) is 39.5 Å². The highest BCUT2D eigenvalue weighted by atomic mass is 16.7. The van der Waals surface area contributed by atoms with E-state index in [0.29, 0.717) is 12.2 Å². The highest BCUT2D eigenvalue weighted by molar-refractivity contribution is 6.45. The molecule has 2 nitrogen and oxygen atoms in total. The Balaban J connectivity index is 1.53. The van der Waals surface area contributed by atoms with E-state index in [0.717, 1.165) is 24.1 Å². The van der Waals surface area contributed by atoms with Gasteiger partial charge in [0.05, 0.1) is 12.2 Å². The van der Waals surface area contributed by atoms with Crippen LogP contribution in [0.4, 0.5) is 0 Å². The molecule has 3 aliphatic carbocycles. The molecule has 1 heterocycles. The Kier molecular flexibility index (Phi) is 2.56. The molecule has 1 saturated heterocycles. The lowest BCUT2D eigenvalue weighted by molar-refractivity contribution is -0.0439. The van der Waals surface area contributed by atoms with Gasteiger partial charge in [-0.1, -0.05) is 20.3 Å². The molecule has 0 aromatic rings. The fourth-order valence-electron chi connectivity index (χ4n) is 3.35. The molecule has 0 spiro atoms. The standard InChI is InChI=1S/C12H21BO2/c1-8(2)3-4-13-14-11-7-9-5-10(6-9)12(11)15-13/h8-12H,3-7H2,1-2H3/t9-,10+,11-,12+/m1/s1. The highest BCUT2D eigenvalue weighted by Gasteiger charge is 2.52. The van der Waals surface area contributed by atoms with Gasteiger partial charge in [-0.2, -0.15) is 0 Å². The molecule has 3 heteroatoms. The van der Waals surface area contributed by atoms with Crippen molar-refractivity contribution in [1.29, 1.82) is 0 Å². The fraction of sp³-hybridized carbons (Fsp3) is 1.00. The largest absolute Gasteiger partial charge is 0.457 e. The normalized spacial score (nSPS) is 43.0. The number of hydrogen-bond donors (Lipinski definition) is 0. The van der Waals surface area contributed by atoms with Gasteiger partial charge in [-0.25, -0.2) is 0 Å². The van der Waals surface area contributed by atoms with E-state index in [1.807, 2.05) is 0 Å². The Labute approximate surface area is 92.9 Å². The molecule has 0 aromatic heterocycles. The SMILES string of the molecule is CC(C)CCB1O[C@@H]2C[C@H]3C[C@H](C3)[C@@H]2O1. The zero-order valence-corrected chi connectivity index (χ0v) is 9.82. The molecular formula is C12H21BO2. The second-order valence-electron chi connectivity index (χ2n) is 6.01. The van der Waals surface area contributed by atoms with Crippen molar-refractivity contribution >= 4 is 7.12 Å². The van der Waals surface area contributed by atoms with E-state index in [2.05, 4.69) is 13.8 Å². The maximum atomic E-state index is 6.04. The molecule has 0 radical (unpaired) electrons. The van der Waals surface area contributed by atoms with Gasteiger partial charge in [0.2, 0.25) is 0 Å². The average Bonchev–Trinajstić information content (AvgIpc) is 2.55. The molecular weight excluding hydrogens is 187 g/mol. The lowest BCUT2D eigenvalue weighted by Gasteiger charge is -2.47. The van der Waals surface area contributed by atoms with Crippen molar-refractivity contribution in [1.82, 2.24) is 0 Å². The van der Waals surface area contributed by atoms with Gasteiger partial charge in [0.15, 0.2) is 0 Å². The van der Waals surface area contributed by atoms with Crippen LogP contribution in [0.25, 0.3) is 0 Å². The van der Waals surface area contributed by atoms with Crippen molar-refractivity contribution in [2.24, 2.45) is 17.8 Å². The molecule has 4 fully saturated rings. The lowest BCUT2D eigenvalue weighted by atomic mass is 9.63. The van der Waals surface area contributed by atoms with Crippen molar-refractivity contribution in [3.05, 3.63) is 0 Å². The minimum Gasteiger partial charge on any atom is -0.406 e. The molecule has 0 unspecified atom stereocenters. The summed E-state index contributed by atoms with van der Waals surface area (Å²) in [6.07, 6.45) is 7.27. The maximum absolute atomic E-state index is 6.04. The molecule has 0 amide bonds. The predicted octanol–water partition coefficient (Wildman–Crippen LogP) is 2.73. The first-order valence-corrected chi connectivity index (χ1v) is 6.53. The van der Waals surface area contributed by atoms with Gasteiger partial charge in [0, 0.05) is 0 Å². The number of hydrogen-bond acceptors (Lipinski definition) is 2. The van der Waals surface area contributed by atoms with Gasteiger partial charge in [-0.3, -0.25) is 0 Å². The molecule has 0 N–H and O–H groups in total. The Morgan fingerprint density at radius 1 is 1.20 bits per heavy atom. The van der Waals surface area contributed by atoms with E-state index in [1.54, 1.807) is 0 Å². The summed E-state index contributed by atoms with van der Waals surface area (Å²) in [5, 5.41) is 0. The Morgan fingerprint density at radius 2 is 2.00 bits per heavy atom. The zero-order chi connectivity index (χ0) is 10.4. The van der Waals surface area contributed by atoms with Crippen LogP contribution >= 0.6 is 0 Å². The molecule has 2 bridgehead atoms. The summed E-state index contributed by atoms with van der Waals surface area (Å²) in [6.45, 7) is 4.53. The highest BCUT2D eigenvalue weighted by Crippen LogP contribution is 2.50. The van der Waals surface area contributed by atoms with Crippen LogP contribution < -0.4 is 0 Å². The first-order valence-electron chi connectivity index (χ1n) is 6.53. The van der Waals surface area contributed by atoms with Crippen molar-refractivity contribution in [2.75, 3.05) is 0 Å². The van der Waals surface area contributed by atoms with E-state index in [-0.39, 0.29) is 7.12 Å². The van der Waals surface area contributed by atoms with E-state index < -0.39 is 0 Å². The summed E-state index contributed by atoms with van der Waals surface area (Å²) >= 11 is 0. The molecule has 15 heavy (non-hydrogen) atoms. The van der Waals surface area contributed by atoms with Crippen LogP contribution in [0.15, 0.2) is 0 Å². The molecule has 3 saturated carbocycles. The molecule has 4 aliphatic rings. The smallest absolute Gasteiger partial charge is 0.406 e. The summed E-state index contributed by atoms with van der Waals surface area (Å²) in [6, 6.07) is 0. The fourth-order valence-corrected chi connectivity index (χ4v) is 3.35. The van der Waals surface area contributed by atoms with Crippen LogP contribution in [0.3, 0.4) is 0 Å². The van der Waals surface area contributed by atoms with Crippen molar-refractivity contribution in [2.45, 2.75) is 58.1 Å². The Morgan fingerprint density at radius 3 is 2.67 bits per heavy atom. The second-order valence-corrected chi connectivity index (χ2v) is 6.01. The molecule has 2 atom stereocenters. The third kappa shape index (κ3) is 1.85. The average molecular weight is 208 g/mol. The van der Waals surface area contributed by atoms with Crippen LogP contribution in [0.2, 0.25) is 6.32 Å². The molecule has 84 valence electrons. The number of rotatable bonds is 3. The molecule has 0 aromatic carbocycles. The first-order chi connectivity index (χ1) is 7.22. The Bertz CT molecular complexity index is 238. The third-order valence-electron chi connectivity index (χ3n) is 4.28. The maximum Gasteiger partial charge on any atom is 0.457 e. The van der Waals surface area contributed by atoms with Gasteiger partial charge in [-0.05, 0) is 43.3 Å². The van der Waals surface area contributed by atoms with E-state index in [9.17, 15) is 0 Å². The summed E-state index contributed by atoms with van der Waals surface area (Å²) in [7, 11) is 0.113. The topological polar surface area (TPSA) is 18.5 Å². The second kappa shape index (κ2) is 3.78. The van der Waals surface area contributed by atoms with E-state index >= 15 is 0 Å². The molecule has 4 rings (SSSR count). The zero-order valence-electron chi connectivity index (χ0n) is 9.82. The summed E-state index contributed by atoms with van der Waals surface area (Å²) in [5.74, 6) is 2.55. The van der Waals surface area contributed by atoms with Crippen LogP contribution in [0.5, 0.6) is 0 Å². The third-order valence-corrected chi connectivity index (χ3v) is 4.28. The monoisotopic (exact) mass is 208 g/mol. The minimum atomic E-state index is 0.113. The van der Waals surface area contributed by atoms with Crippen LogP contribution in [-0.4, -0.2) is 19.3 Å². The van der Waals surface area contributed by atoms with Gasteiger partial charge in [0.25, 0.3) is 0 Å². The van der Waals surface area contributed by atoms with E-state index in [1.165, 1.54) is 25.7 Å². The van der Waals surface area contributed by atoms with Gasteiger partial charge < -0.3 is 9.31 Å². The Hall–Kier alpha value is -0.0151. The van der Waals surface area contributed by atoms with Crippen molar-refractivity contribution < 1.29 is 9.31 Å².